The van der Waals surface area contributed by atoms with Crippen LogP contribution in [0, 0.1) is 13.8 Å². The molecule has 0 radical (unpaired) electrons. The molecule has 2 aliphatic rings. The van der Waals surface area contributed by atoms with Crippen molar-refractivity contribution in [1.29, 1.82) is 0 Å². The van der Waals surface area contributed by atoms with Crippen molar-refractivity contribution in [3.63, 3.8) is 0 Å². The maximum absolute atomic E-state index is 12.9. The lowest BCUT2D eigenvalue weighted by Crippen LogP contribution is -2.45. The minimum Gasteiger partial charge on any atom is -0.454 e. The highest BCUT2D eigenvalue weighted by molar-refractivity contribution is 8.15. The van der Waals surface area contributed by atoms with Gasteiger partial charge in [0.25, 0.3) is 0 Å². The molecule has 0 saturated carbocycles. The van der Waals surface area contributed by atoms with Gasteiger partial charge in [0.1, 0.15) is 5.25 Å². The van der Waals surface area contributed by atoms with Crippen molar-refractivity contribution < 1.29 is 19.1 Å². The number of benzene rings is 2. The van der Waals surface area contributed by atoms with Crippen molar-refractivity contribution in [2.75, 3.05) is 18.7 Å². The third-order valence-electron chi connectivity index (χ3n) is 4.97. The molecule has 156 valence electrons. The fraction of sp³-hybridized carbons (Fsp3) is 0.318. The Morgan fingerprint density at radius 3 is 2.77 bits per heavy atom. The van der Waals surface area contributed by atoms with Gasteiger partial charge in [0.2, 0.25) is 18.6 Å². The second kappa shape index (κ2) is 8.39. The highest BCUT2D eigenvalue weighted by Gasteiger charge is 2.35. The summed E-state index contributed by atoms with van der Waals surface area (Å²) >= 11 is 1.30. The van der Waals surface area contributed by atoms with Crippen molar-refractivity contribution in [3.8, 4) is 11.5 Å². The van der Waals surface area contributed by atoms with Gasteiger partial charge in [0, 0.05) is 24.7 Å². The molecule has 1 atom stereocenters. The average Bonchev–Trinajstić information content (AvgIpc) is 3.17. The Bertz CT molecular complexity index is 1040. The number of amides is 2. The summed E-state index contributed by atoms with van der Waals surface area (Å²) in [6, 6.07) is 11.2. The van der Waals surface area contributed by atoms with Crippen molar-refractivity contribution in [1.82, 2.24) is 4.90 Å². The van der Waals surface area contributed by atoms with Crippen molar-refractivity contribution in [2.45, 2.75) is 32.4 Å². The van der Waals surface area contributed by atoms with E-state index in [4.69, 9.17) is 9.47 Å². The molecule has 2 aromatic rings. The molecule has 30 heavy (non-hydrogen) atoms. The van der Waals surface area contributed by atoms with E-state index in [0.29, 0.717) is 28.9 Å². The van der Waals surface area contributed by atoms with E-state index in [-0.39, 0.29) is 25.0 Å². The lowest BCUT2D eigenvalue weighted by Gasteiger charge is -2.31. The maximum atomic E-state index is 12.9. The zero-order chi connectivity index (χ0) is 21.3. The SMILES string of the molecule is CCN1C(=O)CC(C(=O)Nc2ccc(C)cc2C)SC1=Nc1ccc2c(c1)OCO2. The first-order valence-corrected chi connectivity index (χ1v) is 10.7. The zero-order valence-electron chi connectivity index (χ0n) is 17.1. The first kappa shape index (κ1) is 20.3. The molecule has 0 bridgehead atoms. The molecule has 7 nitrogen and oxygen atoms in total. The van der Waals surface area contributed by atoms with Crippen LogP contribution in [0.3, 0.4) is 0 Å². The Kier molecular flexibility index (Phi) is 5.67. The fourth-order valence-electron chi connectivity index (χ4n) is 3.38. The number of carbonyl (C=O) groups excluding carboxylic acids is 2. The zero-order valence-corrected chi connectivity index (χ0v) is 17.9. The van der Waals surface area contributed by atoms with E-state index in [0.717, 1.165) is 16.8 Å². The van der Waals surface area contributed by atoms with Gasteiger partial charge >= 0.3 is 0 Å². The molecule has 1 N–H and O–H groups in total. The van der Waals surface area contributed by atoms with Gasteiger partial charge in [-0.1, -0.05) is 29.5 Å². The van der Waals surface area contributed by atoms with Gasteiger partial charge in [-0.2, -0.15) is 0 Å². The average molecular weight is 426 g/mol. The van der Waals surface area contributed by atoms with E-state index in [9.17, 15) is 9.59 Å². The van der Waals surface area contributed by atoms with Crippen LogP contribution in [0.25, 0.3) is 0 Å². The summed E-state index contributed by atoms with van der Waals surface area (Å²) < 4.78 is 10.7. The number of fused-ring (bicyclic) bond motifs is 1. The molecule has 0 spiro atoms. The lowest BCUT2D eigenvalue weighted by molar-refractivity contribution is -0.129. The number of nitrogens with one attached hydrogen (secondary N) is 1. The van der Waals surface area contributed by atoms with E-state index in [1.165, 1.54) is 11.8 Å². The third kappa shape index (κ3) is 4.14. The van der Waals surface area contributed by atoms with Gasteiger partial charge in [-0.15, -0.1) is 0 Å². The molecular formula is C22H23N3O4S. The molecule has 1 unspecified atom stereocenters. The van der Waals surface area contributed by atoms with Crippen molar-refractivity contribution in [3.05, 3.63) is 47.5 Å². The topological polar surface area (TPSA) is 80.2 Å². The van der Waals surface area contributed by atoms with Crippen LogP contribution in [-0.4, -0.2) is 40.5 Å². The summed E-state index contributed by atoms with van der Waals surface area (Å²) in [6.07, 6.45) is 0.134. The lowest BCUT2D eigenvalue weighted by atomic mass is 10.1. The standard InChI is InChI=1S/C22H23N3O4S/c1-4-25-20(26)11-19(21(27)24-16-7-5-13(2)9-14(16)3)30-22(25)23-15-6-8-17-18(10-15)29-12-28-17/h5-10,19H,4,11-12H2,1-3H3,(H,24,27). The highest BCUT2D eigenvalue weighted by atomic mass is 32.2. The number of rotatable bonds is 4. The van der Waals surface area contributed by atoms with Gasteiger partial charge in [-0.25, -0.2) is 4.99 Å². The summed E-state index contributed by atoms with van der Waals surface area (Å²) in [5, 5.41) is 2.92. The summed E-state index contributed by atoms with van der Waals surface area (Å²) in [5.41, 5.74) is 3.51. The molecule has 2 heterocycles. The van der Waals surface area contributed by atoms with Crippen molar-refractivity contribution in [2.24, 2.45) is 4.99 Å². The fourth-order valence-corrected chi connectivity index (χ4v) is 4.55. The van der Waals surface area contributed by atoms with Gasteiger partial charge in [-0.3, -0.25) is 14.5 Å². The Labute approximate surface area is 179 Å². The van der Waals surface area contributed by atoms with Crippen LogP contribution in [-0.2, 0) is 9.59 Å². The number of thioether (sulfide) groups is 1. The molecular weight excluding hydrogens is 402 g/mol. The number of aliphatic imine (C=N–C) groups is 1. The number of aryl methyl sites for hydroxylation is 2. The van der Waals surface area contributed by atoms with Gasteiger partial charge in [0.05, 0.1) is 5.69 Å². The molecule has 2 amide bonds. The molecule has 0 aliphatic carbocycles. The van der Waals surface area contributed by atoms with Crippen LogP contribution in [0.2, 0.25) is 0 Å². The van der Waals surface area contributed by atoms with Gasteiger partial charge in [-0.05, 0) is 44.5 Å². The van der Waals surface area contributed by atoms with E-state index in [2.05, 4.69) is 10.3 Å². The molecule has 2 aliphatic heterocycles. The molecule has 4 rings (SSSR count). The van der Waals surface area contributed by atoms with Crippen LogP contribution in [0.4, 0.5) is 11.4 Å². The monoisotopic (exact) mass is 425 g/mol. The van der Waals surface area contributed by atoms with Crippen molar-refractivity contribution >= 4 is 40.1 Å². The second-order valence-electron chi connectivity index (χ2n) is 7.19. The summed E-state index contributed by atoms with van der Waals surface area (Å²) in [6.45, 7) is 6.52. The predicted molar refractivity (Wildman–Crippen MR) is 118 cm³/mol. The summed E-state index contributed by atoms with van der Waals surface area (Å²) in [7, 11) is 0. The normalized spacial score (nSPS) is 19.3. The smallest absolute Gasteiger partial charge is 0.238 e. The number of carbonyl (C=O) groups is 2. The summed E-state index contributed by atoms with van der Waals surface area (Å²) in [4.78, 5) is 31.8. The maximum Gasteiger partial charge on any atom is 0.238 e. The van der Waals surface area contributed by atoms with Crippen LogP contribution in [0.1, 0.15) is 24.5 Å². The van der Waals surface area contributed by atoms with E-state index < -0.39 is 5.25 Å². The van der Waals surface area contributed by atoms with Gasteiger partial charge in [0.15, 0.2) is 16.7 Å². The number of anilines is 1. The van der Waals surface area contributed by atoms with Gasteiger partial charge < -0.3 is 14.8 Å². The molecule has 1 saturated heterocycles. The Morgan fingerprint density at radius 2 is 2.00 bits per heavy atom. The van der Waals surface area contributed by atoms with Crippen LogP contribution in [0.5, 0.6) is 11.5 Å². The third-order valence-corrected chi connectivity index (χ3v) is 6.16. The largest absolute Gasteiger partial charge is 0.454 e. The number of amidine groups is 1. The van der Waals surface area contributed by atoms with Crippen LogP contribution in [0.15, 0.2) is 41.4 Å². The second-order valence-corrected chi connectivity index (χ2v) is 8.36. The van der Waals surface area contributed by atoms with E-state index in [1.807, 2.05) is 39.0 Å². The van der Waals surface area contributed by atoms with Crippen LogP contribution >= 0.6 is 11.8 Å². The minimum absolute atomic E-state index is 0.114. The number of nitrogens with zero attached hydrogens (tertiary/aromatic N) is 2. The highest BCUT2D eigenvalue weighted by Crippen LogP contribution is 2.37. The number of hydrogen-bond donors (Lipinski definition) is 1. The Balaban J connectivity index is 1.56. The first-order valence-electron chi connectivity index (χ1n) is 9.78. The van der Waals surface area contributed by atoms with Crippen LogP contribution < -0.4 is 14.8 Å². The minimum atomic E-state index is -0.547. The molecule has 2 aromatic carbocycles. The Hall–Kier alpha value is -3.00. The Morgan fingerprint density at radius 1 is 1.20 bits per heavy atom. The predicted octanol–water partition coefficient (Wildman–Crippen LogP) is 4.01. The quantitative estimate of drug-likeness (QED) is 0.801. The van der Waals surface area contributed by atoms with E-state index in [1.54, 1.807) is 23.1 Å². The first-order chi connectivity index (χ1) is 14.4. The summed E-state index contributed by atoms with van der Waals surface area (Å²) in [5.74, 6) is 0.978. The number of hydrogen-bond acceptors (Lipinski definition) is 6. The number of ether oxygens (including phenoxy) is 2. The van der Waals surface area contributed by atoms with E-state index >= 15 is 0 Å². The molecule has 8 heteroatoms. The molecule has 0 aromatic heterocycles. The molecule has 1 fully saturated rings.